The van der Waals surface area contributed by atoms with Crippen LogP contribution in [0.25, 0.3) is 10.8 Å². The van der Waals surface area contributed by atoms with Crippen LogP contribution < -0.4 is 10.5 Å². The lowest BCUT2D eigenvalue weighted by atomic mass is 10.0. The van der Waals surface area contributed by atoms with Gasteiger partial charge in [-0.1, -0.05) is 18.2 Å². The minimum absolute atomic E-state index is 0. The largest absolute Gasteiger partial charge is 0.497 e. The molecule has 0 bridgehead atoms. The molecular formula is C13H13ClF3NO. The summed E-state index contributed by atoms with van der Waals surface area (Å²) >= 11 is 0. The number of halogens is 4. The van der Waals surface area contributed by atoms with Gasteiger partial charge in [0.05, 0.1) is 7.11 Å². The van der Waals surface area contributed by atoms with Crippen LogP contribution in [-0.4, -0.2) is 13.3 Å². The van der Waals surface area contributed by atoms with Crippen LogP contribution in [0.5, 0.6) is 5.75 Å². The molecule has 2 aromatic rings. The maximum Gasteiger partial charge on any atom is 0.407 e. The van der Waals surface area contributed by atoms with Crippen molar-refractivity contribution < 1.29 is 17.9 Å². The van der Waals surface area contributed by atoms with E-state index in [-0.39, 0.29) is 18.0 Å². The second-order valence-electron chi connectivity index (χ2n) is 3.99. The van der Waals surface area contributed by atoms with Gasteiger partial charge in [-0.25, -0.2) is 0 Å². The minimum Gasteiger partial charge on any atom is -0.497 e. The molecule has 0 amide bonds. The van der Waals surface area contributed by atoms with Crippen LogP contribution in [-0.2, 0) is 0 Å². The highest BCUT2D eigenvalue weighted by atomic mass is 35.5. The summed E-state index contributed by atoms with van der Waals surface area (Å²) in [7, 11) is 1.54. The van der Waals surface area contributed by atoms with Gasteiger partial charge >= 0.3 is 6.18 Å². The van der Waals surface area contributed by atoms with E-state index in [1.54, 1.807) is 24.3 Å². The normalized spacial score (nSPS) is 12.9. The zero-order valence-electron chi connectivity index (χ0n) is 10.1. The zero-order chi connectivity index (χ0) is 13.3. The Morgan fingerprint density at radius 1 is 1.05 bits per heavy atom. The van der Waals surface area contributed by atoms with Gasteiger partial charge in [-0.05, 0) is 34.5 Å². The number of hydrogen-bond acceptors (Lipinski definition) is 2. The maximum absolute atomic E-state index is 12.5. The molecule has 2 N–H and O–H groups in total. The van der Waals surface area contributed by atoms with Gasteiger partial charge in [-0.3, -0.25) is 0 Å². The van der Waals surface area contributed by atoms with Crippen LogP contribution in [0.3, 0.4) is 0 Å². The standard InChI is InChI=1S/C13H12F3NO.ClH/c1-18-11-5-4-8-6-10(3-2-9(8)7-11)12(17)13(14,15)16;/h2-7,12H,17H2,1H3;1H/t12-;/m0./s1. The maximum atomic E-state index is 12.5. The first kappa shape index (κ1) is 15.6. The fourth-order valence-electron chi connectivity index (χ4n) is 1.75. The van der Waals surface area contributed by atoms with Gasteiger partial charge in [0.25, 0.3) is 0 Å². The van der Waals surface area contributed by atoms with Crippen LogP contribution in [0.1, 0.15) is 11.6 Å². The first-order chi connectivity index (χ1) is 8.41. The predicted octanol–water partition coefficient (Wildman–Crippen LogP) is 3.83. The number of fused-ring (bicyclic) bond motifs is 1. The van der Waals surface area contributed by atoms with E-state index in [0.717, 1.165) is 5.39 Å². The summed E-state index contributed by atoms with van der Waals surface area (Å²) in [5, 5.41) is 1.51. The Kier molecular flexibility index (Phi) is 4.66. The Morgan fingerprint density at radius 3 is 2.21 bits per heavy atom. The van der Waals surface area contributed by atoms with Crippen molar-refractivity contribution in [3.8, 4) is 5.75 Å². The van der Waals surface area contributed by atoms with Gasteiger partial charge in [-0.2, -0.15) is 13.2 Å². The highest BCUT2D eigenvalue weighted by Crippen LogP contribution is 2.32. The summed E-state index contributed by atoms with van der Waals surface area (Å²) in [5.41, 5.74) is 5.23. The lowest BCUT2D eigenvalue weighted by Crippen LogP contribution is -2.28. The summed E-state index contributed by atoms with van der Waals surface area (Å²) in [6.07, 6.45) is -4.43. The monoisotopic (exact) mass is 291 g/mol. The lowest BCUT2D eigenvalue weighted by Gasteiger charge is -2.16. The Balaban J connectivity index is 0.00000180. The molecule has 19 heavy (non-hydrogen) atoms. The van der Waals surface area contributed by atoms with E-state index in [2.05, 4.69) is 0 Å². The van der Waals surface area contributed by atoms with Gasteiger partial charge in [0.15, 0.2) is 0 Å². The topological polar surface area (TPSA) is 35.2 Å². The zero-order valence-corrected chi connectivity index (χ0v) is 10.9. The quantitative estimate of drug-likeness (QED) is 0.912. The van der Waals surface area contributed by atoms with Crippen molar-refractivity contribution >= 4 is 23.2 Å². The van der Waals surface area contributed by atoms with E-state index in [1.807, 2.05) is 0 Å². The molecule has 104 valence electrons. The molecule has 0 fully saturated rings. The summed E-state index contributed by atoms with van der Waals surface area (Å²) in [6, 6.07) is 7.67. The van der Waals surface area contributed by atoms with E-state index in [0.29, 0.717) is 11.1 Å². The molecule has 0 aliphatic carbocycles. The summed E-state index contributed by atoms with van der Waals surface area (Å²) in [4.78, 5) is 0. The van der Waals surface area contributed by atoms with Crippen LogP contribution in [0.15, 0.2) is 36.4 Å². The Labute approximate surface area is 114 Å². The molecule has 0 saturated heterocycles. The number of nitrogens with two attached hydrogens (primary N) is 1. The predicted molar refractivity (Wildman–Crippen MR) is 70.7 cm³/mol. The van der Waals surface area contributed by atoms with Crippen LogP contribution in [0.4, 0.5) is 13.2 Å². The molecule has 2 rings (SSSR count). The Morgan fingerprint density at radius 2 is 1.63 bits per heavy atom. The van der Waals surface area contributed by atoms with Crippen LogP contribution in [0, 0.1) is 0 Å². The third kappa shape index (κ3) is 3.30. The molecule has 0 saturated carbocycles. The average molecular weight is 292 g/mol. The number of rotatable bonds is 2. The molecule has 0 spiro atoms. The Hall–Kier alpha value is -1.46. The van der Waals surface area contributed by atoms with Crippen molar-refractivity contribution in [3.63, 3.8) is 0 Å². The van der Waals surface area contributed by atoms with Gasteiger partial charge < -0.3 is 10.5 Å². The molecule has 0 unspecified atom stereocenters. The molecule has 0 aliphatic rings. The Bertz CT molecular complexity index is 571. The summed E-state index contributed by atoms with van der Waals surface area (Å²) in [5.74, 6) is 0.662. The lowest BCUT2D eigenvalue weighted by molar-refractivity contribution is -0.149. The molecule has 6 heteroatoms. The molecule has 2 aromatic carbocycles. The highest BCUT2D eigenvalue weighted by molar-refractivity contribution is 5.85. The van der Waals surface area contributed by atoms with Gasteiger partial charge in [-0.15, -0.1) is 12.4 Å². The first-order valence-corrected chi connectivity index (χ1v) is 5.32. The first-order valence-electron chi connectivity index (χ1n) is 5.32. The fraction of sp³-hybridized carbons (Fsp3) is 0.231. The average Bonchev–Trinajstić information content (AvgIpc) is 2.35. The van der Waals surface area contributed by atoms with Crippen molar-refractivity contribution in [1.82, 2.24) is 0 Å². The summed E-state index contributed by atoms with van der Waals surface area (Å²) < 4.78 is 42.6. The SMILES string of the molecule is COc1ccc2cc([C@H](N)C(F)(F)F)ccc2c1.Cl. The molecular weight excluding hydrogens is 279 g/mol. The second kappa shape index (κ2) is 5.67. The van der Waals surface area contributed by atoms with E-state index < -0.39 is 12.2 Å². The van der Waals surface area contributed by atoms with E-state index >= 15 is 0 Å². The fourth-order valence-corrected chi connectivity index (χ4v) is 1.75. The van der Waals surface area contributed by atoms with Crippen molar-refractivity contribution in [1.29, 1.82) is 0 Å². The molecule has 0 aliphatic heterocycles. The summed E-state index contributed by atoms with van der Waals surface area (Å²) in [6.45, 7) is 0. The smallest absolute Gasteiger partial charge is 0.407 e. The number of methoxy groups -OCH3 is 1. The van der Waals surface area contributed by atoms with Crippen LogP contribution >= 0.6 is 12.4 Å². The number of benzene rings is 2. The number of alkyl halides is 3. The molecule has 2 nitrogen and oxygen atoms in total. The molecule has 1 atom stereocenters. The van der Waals surface area contributed by atoms with Crippen LogP contribution in [0.2, 0.25) is 0 Å². The number of ether oxygens (including phenoxy) is 1. The van der Waals surface area contributed by atoms with E-state index in [1.165, 1.54) is 19.2 Å². The van der Waals surface area contributed by atoms with Gasteiger partial charge in [0.1, 0.15) is 11.8 Å². The van der Waals surface area contributed by atoms with Gasteiger partial charge in [0.2, 0.25) is 0 Å². The van der Waals surface area contributed by atoms with Crippen molar-refractivity contribution in [2.24, 2.45) is 5.73 Å². The van der Waals surface area contributed by atoms with Crippen molar-refractivity contribution in [2.45, 2.75) is 12.2 Å². The minimum atomic E-state index is -4.43. The molecule has 0 heterocycles. The third-order valence-corrected chi connectivity index (χ3v) is 2.78. The molecule has 0 aromatic heterocycles. The third-order valence-electron chi connectivity index (χ3n) is 2.78. The van der Waals surface area contributed by atoms with E-state index in [9.17, 15) is 13.2 Å². The second-order valence-corrected chi connectivity index (χ2v) is 3.99. The van der Waals surface area contributed by atoms with Crippen molar-refractivity contribution in [2.75, 3.05) is 7.11 Å². The van der Waals surface area contributed by atoms with Crippen molar-refractivity contribution in [3.05, 3.63) is 42.0 Å². The van der Waals surface area contributed by atoms with E-state index in [4.69, 9.17) is 10.5 Å². The van der Waals surface area contributed by atoms with Gasteiger partial charge in [0, 0.05) is 0 Å². The highest BCUT2D eigenvalue weighted by Gasteiger charge is 2.37. The number of hydrogen-bond donors (Lipinski definition) is 1. The molecule has 0 radical (unpaired) electrons.